The number of nitrogens with one attached hydrogen (secondary N) is 2. The molecule has 0 bridgehead atoms. The van der Waals surface area contributed by atoms with E-state index in [2.05, 4.69) is 46.5 Å². The van der Waals surface area contributed by atoms with Crippen LogP contribution >= 0.6 is 11.8 Å². The molecule has 0 spiro atoms. The zero-order valence-corrected chi connectivity index (χ0v) is 18.4. The zero-order valence-electron chi connectivity index (χ0n) is 17.6. The first-order valence-electron chi connectivity index (χ1n) is 10.0. The maximum atomic E-state index is 12.2. The van der Waals surface area contributed by atoms with Crippen LogP contribution in [0.1, 0.15) is 37.7 Å². The number of aromatic nitrogens is 4. The topological polar surface area (TPSA) is 141 Å². The maximum Gasteiger partial charge on any atom is 0.433 e. The second-order valence-corrected chi connectivity index (χ2v) is 8.30. The lowest BCUT2D eigenvalue weighted by atomic mass is 10.2. The molecule has 0 saturated heterocycles. The summed E-state index contributed by atoms with van der Waals surface area (Å²) in [5, 5.41) is 22.6. The first-order valence-corrected chi connectivity index (χ1v) is 11.0. The van der Waals surface area contributed by atoms with E-state index in [9.17, 15) is 14.9 Å². The van der Waals surface area contributed by atoms with Gasteiger partial charge in [-0.3, -0.25) is 14.9 Å². The molecule has 0 unspecified atom stereocenters. The second kappa shape index (κ2) is 10.2. The van der Waals surface area contributed by atoms with Gasteiger partial charge in [0.2, 0.25) is 0 Å². The van der Waals surface area contributed by atoms with Gasteiger partial charge in [-0.25, -0.2) is 14.6 Å². The number of nitrogens with zero attached hydrogens (tertiary/aromatic N) is 5. The average molecular weight is 448 g/mol. The SMILES string of the molecule is CCCSc1nc(NCC(C)C)c2cnn(CCNC(=O)c3ccc([N+](=O)[O-])o3)c2n1. The van der Waals surface area contributed by atoms with Gasteiger partial charge in [0.15, 0.2) is 16.6 Å². The number of hydrogen-bond donors (Lipinski definition) is 2. The van der Waals surface area contributed by atoms with Gasteiger partial charge in [0.1, 0.15) is 10.7 Å². The Balaban J connectivity index is 1.72. The number of anilines is 1. The molecule has 0 radical (unpaired) electrons. The highest BCUT2D eigenvalue weighted by atomic mass is 32.2. The molecule has 0 saturated carbocycles. The summed E-state index contributed by atoms with van der Waals surface area (Å²) in [6.07, 6.45) is 2.72. The quantitative estimate of drug-likeness (QED) is 0.196. The van der Waals surface area contributed by atoms with Crippen LogP contribution in [0.5, 0.6) is 0 Å². The van der Waals surface area contributed by atoms with Crippen molar-refractivity contribution >= 4 is 40.4 Å². The van der Waals surface area contributed by atoms with Gasteiger partial charge in [-0.05, 0) is 18.4 Å². The molecule has 3 aromatic rings. The van der Waals surface area contributed by atoms with Crippen LogP contribution in [0.25, 0.3) is 11.0 Å². The van der Waals surface area contributed by atoms with E-state index in [4.69, 9.17) is 4.42 Å². The van der Waals surface area contributed by atoms with E-state index in [-0.39, 0.29) is 12.3 Å². The molecule has 0 aliphatic heterocycles. The summed E-state index contributed by atoms with van der Waals surface area (Å²) in [7, 11) is 0. The zero-order chi connectivity index (χ0) is 22.4. The Morgan fingerprint density at radius 3 is 2.84 bits per heavy atom. The van der Waals surface area contributed by atoms with E-state index in [1.807, 2.05) is 0 Å². The van der Waals surface area contributed by atoms with Crippen LogP contribution in [0.15, 0.2) is 27.9 Å². The molecule has 0 aliphatic rings. The van der Waals surface area contributed by atoms with E-state index >= 15 is 0 Å². The monoisotopic (exact) mass is 447 g/mol. The molecule has 166 valence electrons. The van der Waals surface area contributed by atoms with Crippen LogP contribution in [0.2, 0.25) is 0 Å². The molecule has 3 rings (SSSR count). The number of carbonyl (C=O) groups is 1. The van der Waals surface area contributed by atoms with Crippen molar-refractivity contribution in [1.82, 2.24) is 25.1 Å². The van der Waals surface area contributed by atoms with Crippen LogP contribution in [-0.2, 0) is 6.54 Å². The lowest BCUT2D eigenvalue weighted by Gasteiger charge is -2.11. The normalized spacial score (nSPS) is 11.2. The summed E-state index contributed by atoms with van der Waals surface area (Å²) in [5.74, 6) is 0.998. The molecule has 31 heavy (non-hydrogen) atoms. The summed E-state index contributed by atoms with van der Waals surface area (Å²) in [4.78, 5) is 31.4. The molecule has 2 N–H and O–H groups in total. The minimum Gasteiger partial charge on any atom is -0.395 e. The first-order chi connectivity index (χ1) is 14.9. The fraction of sp³-hybridized carbons (Fsp3) is 0.474. The molecule has 1 amide bonds. The summed E-state index contributed by atoms with van der Waals surface area (Å²) >= 11 is 1.59. The number of nitro groups is 1. The van der Waals surface area contributed by atoms with Gasteiger partial charge in [-0.2, -0.15) is 5.10 Å². The Morgan fingerprint density at radius 2 is 2.16 bits per heavy atom. The minimum atomic E-state index is -0.689. The molecule has 12 heteroatoms. The molecule has 3 aromatic heterocycles. The summed E-state index contributed by atoms with van der Waals surface area (Å²) in [5.41, 5.74) is 0.683. The number of rotatable bonds is 11. The lowest BCUT2D eigenvalue weighted by molar-refractivity contribution is -0.402. The van der Waals surface area contributed by atoms with Gasteiger partial charge in [0.25, 0.3) is 5.91 Å². The van der Waals surface area contributed by atoms with Crippen molar-refractivity contribution in [1.29, 1.82) is 0 Å². The number of fused-ring (bicyclic) bond motifs is 1. The standard InChI is InChI=1S/C19H25N7O4S/c1-4-9-31-19-23-16(21-10-12(2)3)13-11-22-25(17(13)24-19)8-7-20-18(27)14-5-6-15(30-14)26(28)29/h5-6,11-12H,4,7-10H2,1-3H3,(H,20,27)(H,21,23,24). The molecule has 0 fully saturated rings. The Kier molecular flexibility index (Phi) is 7.45. The minimum absolute atomic E-state index is 0.113. The van der Waals surface area contributed by atoms with Crippen molar-refractivity contribution in [2.45, 2.75) is 38.9 Å². The predicted molar refractivity (Wildman–Crippen MR) is 117 cm³/mol. The van der Waals surface area contributed by atoms with E-state index < -0.39 is 16.7 Å². The highest BCUT2D eigenvalue weighted by Crippen LogP contribution is 2.25. The molecule has 11 nitrogen and oxygen atoms in total. The molecular formula is C19H25N7O4S. The smallest absolute Gasteiger partial charge is 0.395 e. The first kappa shape index (κ1) is 22.5. The Labute approximate surface area is 183 Å². The highest BCUT2D eigenvalue weighted by Gasteiger charge is 2.18. The number of carbonyl (C=O) groups excluding carboxylic acids is 1. The van der Waals surface area contributed by atoms with E-state index in [0.717, 1.165) is 36.0 Å². The van der Waals surface area contributed by atoms with Crippen LogP contribution in [-0.4, -0.2) is 49.4 Å². The van der Waals surface area contributed by atoms with Crippen molar-refractivity contribution in [2.75, 3.05) is 24.2 Å². The summed E-state index contributed by atoms with van der Waals surface area (Å²) in [6.45, 7) is 7.75. The third-order valence-corrected chi connectivity index (χ3v) is 5.25. The van der Waals surface area contributed by atoms with Crippen molar-refractivity contribution in [2.24, 2.45) is 5.92 Å². The van der Waals surface area contributed by atoms with Gasteiger partial charge in [0.05, 0.1) is 24.2 Å². The number of furan rings is 1. The highest BCUT2D eigenvalue weighted by molar-refractivity contribution is 7.99. The van der Waals surface area contributed by atoms with Crippen LogP contribution < -0.4 is 10.6 Å². The Bertz CT molecular complexity index is 1060. The third-order valence-electron chi connectivity index (χ3n) is 4.19. The Morgan fingerprint density at radius 1 is 1.35 bits per heavy atom. The summed E-state index contributed by atoms with van der Waals surface area (Å²) in [6, 6.07) is 2.42. The largest absolute Gasteiger partial charge is 0.433 e. The molecule has 0 atom stereocenters. The molecular weight excluding hydrogens is 422 g/mol. The van der Waals surface area contributed by atoms with E-state index in [0.29, 0.717) is 23.3 Å². The van der Waals surface area contributed by atoms with Crippen LogP contribution in [0.3, 0.4) is 0 Å². The summed E-state index contributed by atoms with van der Waals surface area (Å²) < 4.78 is 6.62. The van der Waals surface area contributed by atoms with E-state index in [1.165, 1.54) is 6.07 Å². The van der Waals surface area contributed by atoms with Crippen LogP contribution in [0.4, 0.5) is 11.7 Å². The van der Waals surface area contributed by atoms with Gasteiger partial charge in [-0.1, -0.05) is 32.5 Å². The lowest BCUT2D eigenvalue weighted by Crippen LogP contribution is -2.27. The third kappa shape index (κ3) is 5.72. The van der Waals surface area contributed by atoms with Gasteiger partial charge in [0, 0.05) is 18.8 Å². The maximum absolute atomic E-state index is 12.2. The number of hydrogen-bond acceptors (Lipinski definition) is 9. The fourth-order valence-electron chi connectivity index (χ4n) is 2.70. The van der Waals surface area contributed by atoms with Crippen molar-refractivity contribution in [3.05, 3.63) is 34.2 Å². The van der Waals surface area contributed by atoms with Gasteiger partial charge in [-0.15, -0.1) is 0 Å². The molecule has 3 heterocycles. The van der Waals surface area contributed by atoms with Crippen molar-refractivity contribution in [3.63, 3.8) is 0 Å². The number of thioether (sulfide) groups is 1. The molecule has 0 aromatic carbocycles. The Hall–Kier alpha value is -3.15. The average Bonchev–Trinajstić information content (AvgIpc) is 3.38. The van der Waals surface area contributed by atoms with Crippen molar-refractivity contribution < 1.29 is 14.1 Å². The van der Waals surface area contributed by atoms with Gasteiger partial charge < -0.3 is 15.1 Å². The number of amides is 1. The van der Waals surface area contributed by atoms with Crippen molar-refractivity contribution in [3.8, 4) is 0 Å². The van der Waals surface area contributed by atoms with Gasteiger partial charge >= 0.3 is 5.88 Å². The second-order valence-electron chi connectivity index (χ2n) is 7.23. The van der Waals surface area contributed by atoms with E-state index in [1.54, 1.807) is 22.6 Å². The predicted octanol–water partition coefficient (Wildman–Crippen LogP) is 3.33. The molecule has 0 aliphatic carbocycles. The fourth-order valence-corrected chi connectivity index (χ4v) is 3.40. The van der Waals surface area contributed by atoms with Crippen LogP contribution in [0, 0.1) is 16.0 Å².